The Hall–Kier alpha value is -2.15. The molecular weight excluding hydrogens is 435 g/mol. The second kappa shape index (κ2) is 11.5. The predicted octanol–water partition coefficient (Wildman–Crippen LogP) is 3.95. The number of pyridine rings is 1. The number of nitrogens with one attached hydrogen (secondary N) is 2. The molecule has 2 amide bonds. The van der Waals surface area contributed by atoms with Crippen LogP contribution in [0.15, 0.2) is 48.7 Å². The second-order valence-electron chi connectivity index (χ2n) is 8.28. The lowest BCUT2D eigenvalue weighted by Crippen LogP contribution is -2.49. The van der Waals surface area contributed by atoms with E-state index in [2.05, 4.69) is 15.6 Å². The van der Waals surface area contributed by atoms with Crippen LogP contribution in [-0.2, 0) is 11.3 Å². The maximum atomic E-state index is 12.7. The average Bonchev–Trinajstić information content (AvgIpc) is 2.73. The predicted molar refractivity (Wildman–Crippen MR) is 127 cm³/mol. The maximum Gasteiger partial charge on any atom is 0.274 e. The molecule has 0 spiro atoms. The molecule has 2 aliphatic rings. The zero-order chi connectivity index (χ0) is 20.2. The van der Waals surface area contributed by atoms with Crippen LogP contribution in [0.1, 0.15) is 48.2 Å². The molecule has 2 aromatic rings. The number of fused-ring (bicyclic) bond motifs is 2. The van der Waals surface area contributed by atoms with Crippen LogP contribution in [0.5, 0.6) is 0 Å². The summed E-state index contributed by atoms with van der Waals surface area (Å²) < 4.78 is 0. The van der Waals surface area contributed by atoms with Gasteiger partial charge in [0.1, 0.15) is 5.69 Å². The van der Waals surface area contributed by atoms with Gasteiger partial charge >= 0.3 is 0 Å². The Morgan fingerprint density at radius 3 is 2.45 bits per heavy atom. The average molecular weight is 465 g/mol. The normalized spacial score (nSPS) is 24.2. The van der Waals surface area contributed by atoms with E-state index < -0.39 is 0 Å². The van der Waals surface area contributed by atoms with Gasteiger partial charge < -0.3 is 16.4 Å². The Labute approximate surface area is 195 Å². The Morgan fingerprint density at radius 1 is 1.03 bits per heavy atom. The van der Waals surface area contributed by atoms with Crippen LogP contribution in [0.3, 0.4) is 0 Å². The first-order valence-electron chi connectivity index (χ1n) is 10.4. The molecule has 6 nitrogen and oxygen atoms in total. The fourth-order valence-electron chi connectivity index (χ4n) is 4.79. The molecule has 1 heterocycles. The van der Waals surface area contributed by atoms with Crippen molar-refractivity contribution in [2.24, 2.45) is 23.5 Å². The zero-order valence-corrected chi connectivity index (χ0v) is 19.0. The maximum absolute atomic E-state index is 12.7. The summed E-state index contributed by atoms with van der Waals surface area (Å²) in [6, 6.07) is 13.0. The van der Waals surface area contributed by atoms with Crippen LogP contribution >= 0.6 is 24.8 Å². The van der Waals surface area contributed by atoms with E-state index in [1.807, 2.05) is 24.3 Å². The molecule has 2 unspecified atom stereocenters. The van der Waals surface area contributed by atoms with E-state index >= 15 is 0 Å². The van der Waals surface area contributed by atoms with Gasteiger partial charge in [0, 0.05) is 30.4 Å². The quantitative estimate of drug-likeness (QED) is 0.623. The molecule has 168 valence electrons. The van der Waals surface area contributed by atoms with Crippen LogP contribution in [0.2, 0.25) is 0 Å². The third-order valence-electron chi connectivity index (χ3n) is 6.33. The van der Waals surface area contributed by atoms with E-state index in [9.17, 15) is 9.59 Å². The molecular formula is C23H30Cl2N4O2. The van der Waals surface area contributed by atoms with Gasteiger partial charge in [0.25, 0.3) is 5.91 Å². The molecule has 4 N–H and O–H groups in total. The number of amides is 2. The minimum absolute atomic E-state index is 0. The number of benzene rings is 1. The largest absolute Gasteiger partial charge is 0.352 e. The number of aromatic nitrogens is 1. The molecule has 0 radical (unpaired) electrons. The van der Waals surface area contributed by atoms with E-state index in [-0.39, 0.29) is 48.6 Å². The van der Waals surface area contributed by atoms with Gasteiger partial charge in [-0.05, 0) is 67.3 Å². The number of hydrogen-bond donors (Lipinski definition) is 3. The highest BCUT2D eigenvalue weighted by Crippen LogP contribution is 2.41. The number of rotatable bonds is 5. The van der Waals surface area contributed by atoms with E-state index in [4.69, 9.17) is 5.73 Å². The molecule has 0 aliphatic heterocycles. The molecule has 0 saturated heterocycles. The highest BCUT2D eigenvalue weighted by molar-refractivity contribution is 6.02. The second-order valence-corrected chi connectivity index (χ2v) is 8.28. The van der Waals surface area contributed by atoms with Gasteiger partial charge in [-0.25, -0.2) is 0 Å². The van der Waals surface area contributed by atoms with Gasteiger partial charge in [-0.15, -0.1) is 24.8 Å². The Balaban J connectivity index is 0.00000171. The first-order chi connectivity index (χ1) is 14.1. The smallest absolute Gasteiger partial charge is 0.274 e. The molecule has 4 rings (SSSR count). The van der Waals surface area contributed by atoms with Crippen LogP contribution in [0.25, 0.3) is 0 Å². The van der Waals surface area contributed by atoms with Crippen molar-refractivity contribution in [3.63, 3.8) is 0 Å². The summed E-state index contributed by atoms with van der Waals surface area (Å²) in [4.78, 5) is 29.1. The lowest BCUT2D eigenvalue weighted by atomic mass is 9.65. The Bertz CT molecular complexity index is 867. The summed E-state index contributed by atoms with van der Waals surface area (Å²) in [7, 11) is 0. The lowest BCUT2D eigenvalue weighted by molar-refractivity contribution is -0.128. The molecule has 8 heteroatoms. The number of anilines is 1. The molecule has 2 fully saturated rings. The number of nitrogens with two attached hydrogens (primary N) is 1. The fourth-order valence-corrected chi connectivity index (χ4v) is 4.79. The summed E-state index contributed by atoms with van der Waals surface area (Å²) in [6.45, 7) is 0.448. The number of halogens is 2. The molecule has 31 heavy (non-hydrogen) atoms. The van der Waals surface area contributed by atoms with Gasteiger partial charge in [-0.2, -0.15) is 0 Å². The number of carbonyl (C=O) groups is 2. The first kappa shape index (κ1) is 25.1. The summed E-state index contributed by atoms with van der Waals surface area (Å²) in [5.41, 5.74) is 8.34. The lowest BCUT2D eigenvalue weighted by Gasteiger charge is -2.43. The van der Waals surface area contributed by atoms with Gasteiger partial charge in [0.2, 0.25) is 5.91 Å². The fraction of sp³-hybridized carbons (Fsp3) is 0.435. The first-order valence-corrected chi connectivity index (χ1v) is 10.4. The number of hydrogen-bond acceptors (Lipinski definition) is 4. The summed E-state index contributed by atoms with van der Waals surface area (Å²) >= 11 is 0. The molecule has 2 saturated carbocycles. The SMILES string of the molecule is Cl.Cl.NC1C2CCCC1CC(C(=O)NCc1cccc(NC(=O)c3ccccn3)c1)C2. The third kappa shape index (κ3) is 6.19. The van der Waals surface area contributed by atoms with E-state index in [0.29, 0.717) is 29.8 Å². The van der Waals surface area contributed by atoms with E-state index in [1.54, 1.807) is 24.4 Å². The van der Waals surface area contributed by atoms with Crippen molar-refractivity contribution in [2.45, 2.75) is 44.7 Å². The minimum atomic E-state index is -0.253. The monoisotopic (exact) mass is 464 g/mol. The van der Waals surface area contributed by atoms with Crippen molar-refractivity contribution in [1.82, 2.24) is 10.3 Å². The highest BCUT2D eigenvalue weighted by atomic mass is 35.5. The van der Waals surface area contributed by atoms with Crippen LogP contribution in [-0.4, -0.2) is 22.8 Å². The van der Waals surface area contributed by atoms with Crippen molar-refractivity contribution in [2.75, 3.05) is 5.32 Å². The molecule has 1 aromatic heterocycles. The summed E-state index contributed by atoms with van der Waals surface area (Å²) in [6.07, 6.45) is 6.95. The van der Waals surface area contributed by atoms with Crippen molar-refractivity contribution in [3.05, 3.63) is 59.9 Å². The van der Waals surface area contributed by atoms with Crippen molar-refractivity contribution >= 4 is 42.3 Å². The highest BCUT2D eigenvalue weighted by Gasteiger charge is 2.40. The standard InChI is InChI=1S/C23H28N4O2.2ClH/c24-21-16-6-4-7-17(21)13-18(12-16)22(28)26-14-15-5-3-8-19(11-15)27-23(29)20-9-1-2-10-25-20;;/h1-3,5,8-11,16-18,21H,4,6-7,12-14,24H2,(H,26,28)(H,27,29);2*1H. The van der Waals surface area contributed by atoms with Crippen molar-refractivity contribution < 1.29 is 9.59 Å². The van der Waals surface area contributed by atoms with Crippen LogP contribution < -0.4 is 16.4 Å². The molecule has 1 aromatic carbocycles. The topological polar surface area (TPSA) is 97.1 Å². The Morgan fingerprint density at radius 2 is 1.77 bits per heavy atom. The van der Waals surface area contributed by atoms with Gasteiger partial charge in [-0.1, -0.05) is 24.6 Å². The number of carbonyl (C=O) groups excluding carboxylic acids is 2. The summed E-state index contributed by atoms with van der Waals surface area (Å²) in [5.74, 6) is 0.914. The molecule has 2 atom stereocenters. The van der Waals surface area contributed by atoms with Crippen LogP contribution in [0.4, 0.5) is 5.69 Å². The van der Waals surface area contributed by atoms with Gasteiger partial charge in [-0.3, -0.25) is 14.6 Å². The Kier molecular flexibility index (Phi) is 9.29. The number of nitrogens with zero attached hydrogens (tertiary/aromatic N) is 1. The van der Waals surface area contributed by atoms with Crippen LogP contribution in [0, 0.1) is 17.8 Å². The minimum Gasteiger partial charge on any atom is -0.352 e. The van der Waals surface area contributed by atoms with Gasteiger partial charge in [0.15, 0.2) is 0 Å². The van der Waals surface area contributed by atoms with Gasteiger partial charge in [0.05, 0.1) is 0 Å². The summed E-state index contributed by atoms with van der Waals surface area (Å²) in [5, 5.41) is 5.93. The molecule has 2 bridgehead atoms. The zero-order valence-electron chi connectivity index (χ0n) is 17.3. The third-order valence-corrected chi connectivity index (χ3v) is 6.33. The molecule has 2 aliphatic carbocycles. The van der Waals surface area contributed by atoms with Crippen molar-refractivity contribution in [1.29, 1.82) is 0 Å². The van der Waals surface area contributed by atoms with Crippen molar-refractivity contribution in [3.8, 4) is 0 Å². The van der Waals surface area contributed by atoms with E-state index in [0.717, 1.165) is 31.2 Å². The van der Waals surface area contributed by atoms with E-state index in [1.165, 1.54) is 6.42 Å².